The first-order chi connectivity index (χ1) is 8.33. The average molecular weight is 254 g/mol. The Bertz CT molecular complexity index is 305. The molecule has 2 fully saturated rings. The van der Waals surface area contributed by atoms with Gasteiger partial charge in [0.15, 0.2) is 0 Å². The van der Waals surface area contributed by atoms with Gasteiger partial charge in [-0.2, -0.15) is 0 Å². The van der Waals surface area contributed by atoms with Gasteiger partial charge >= 0.3 is 6.09 Å². The van der Waals surface area contributed by atoms with Crippen molar-refractivity contribution in [3.63, 3.8) is 0 Å². The van der Waals surface area contributed by atoms with Gasteiger partial charge in [0, 0.05) is 25.2 Å². The van der Waals surface area contributed by atoms with E-state index in [1.807, 2.05) is 25.7 Å². The molecule has 1 saturated heterocycles. The van der Waals surface area contributed by atoms with E-state index in [-0.39, 0.29) is 6.09 Å². The van der Waals surface area contributed by atoms with Crippen molar-refractivity contribution >= 4 is 6.09 Å². The minimum absolute atomic E-state index is 0.170. The topological polar surface area (TPSA) is 41.6 Å². The third-order valence-electron chi connectivity index (χ3n) is 3.36. The van der Waals surface area contributed by atoms with Crippen LogP contribution in [0.25, 0.3) is 0 Å². The zero-order valence-corrected chi connectivity index (χ0v) is 12.0. The number of rotatable bonds is 2. The second kappa shape index (κ2) is 5.08. The molecule has 18 heavy (non-hydrogen) atoms. The third-order valence-corrected chi connectivity index (χ3v) is 3.36. The fraction of sp³-hybridized carbons (Fsp3) is 0.929. The molecule has 2 rings (SSSR count). The molecule has 0 aromatic carbocycles. The largest absolute Gasteiger partial charge is 0.444 e. The number of carbonyl (C=O) groups is 1. The Labute approximate surface area is 110 Å². The molecule has 1 aliphatic carbocycles. The average Bonchev–Trinajstić information content (AvgIpc) is 2.98. The summed E-state index contributed by atoms with van der Waals surface area (Å²) in [7, 11) is 0. The summed E-state index contributed by atoms with van der Waals surface area (Å²) < 4.78 is 5.45. The van der Waals surface area contributed by atoms with Gasteiger partial charge in [0.05, 0.1) is 0 Å². The van der Waals surface area contributed by atoms with Crippen LogP contribution in [0.4, 0.5) is 4.79 Å². The molecular weight excluding hydrogens is 228 g/mol. The monoisotopic (exact) mass is 254 g/mol. The van der Waals surface area contributed by atoms with E-state index >= 15 is 0 Å². The Morgan fingerprint density at radius 2 is 1.89 bits per heavy atom. The molecule has 104 valence electrons. The van der Waals surface area contributed by atoms with Crippen LogP contribution in [0.1, 0.15) is 47.0 Å². The lowest BCUT2D eigenvalue weighted by Gasteiger charge is -2.37. The molecule has 0 aromatic rings. The predicted molar refractivity (Wildman–Crippen MR) is 71.5 cm³/mol. The Hall–Kier alpha value is -0.770. The van der Waals surface area contributed by atoms with Crippen molar-refractivity contribution in [1.82, 2.24) is 10.2 Å². The van der Waals surface area contributed by atoms with Crippen LogP contribution in [-0.4, -0.2) is 41.8 Å². The minimum Gasteiger partial charge on any atom is -0.444 e. The highest BCUT2D eigenvalue weighted by atomic mass is 16.6. The second-order valence-corrected chi connectivity index (χ2v) is 6.86. The zero-order chi connectivity index (χ0) is 13.3. The summed E-state index contributed by atoms with van der Waals surface area (Å²) in [5.41, 5.74) is -0.406. The second-order valence-electron chi connectivity index (χ2n) is 6.86. The van der Waals surface area contributed by atoms with Gasteiger partial charge < -0.3 is 15.0 Å². The molecule has 1 heterocycles. The lowest BCUT2D eigenvalue weighted by atomic mass is 9.96. The summed E-state index contributed by atoms with van der Waals surface area (Å²) >= 11 is 0. The summed E-state index contributed by atoms with van der Waals surface area (Å²) in [5, 5.41) is 3.62. The van der Waals surface area contributed by atoms with E-state index in [4.69, 9.17) is 4.74 Å². The number of ether oxygens (including phenoxy) is 1. The maximum atomic E-state index is 12.1. The molecule has 1 N–H and O–H groups in total. The summed E-state index contributed by atoms with van der Waals surface area (Å²) in [6, 6.07) is 1.13. The number of piperidine rings is 1. The first-order valence-electron chi connectivity index (χ1n) is 7.07. The lowest BCUT2D eigenvalue weighted by Crippen LogP contribution is -2.52. The van der Waals surface area contributed by atoms with Gasteiger partial charge in [-0.3, -0.25) is 0 Å². The molecule has 4 heteroatoms. The molecule has 0 spiro atoms. The molecule has 1 aliphatic heterocycles. The van der Waals surface area contributed by atoms with E-state index in [9.17, 15) is 4.79 Å². The molecule has 0 radical (unpaired) electrons. The molecule has 2 unspecified atom stereocenters. The lowest BCUT2D eigenvalue weighted by molar-refractivity contribution is 0.0136. The number of amides is 1. The summed E-state index contributed by atoms with van der Waals surface area (Å²) in [5.74, 6) is 0.544. The van der Waals surface area contributed by atoms with E-state index in [1.165, 1.54) is 12.8 Å². The van der Waals surface area contributed by atoms with Crippen molar-refractivity contribution < 1.29 is 9.53 Å². The van der Waals surface area contributed by atoms with E-state index < -0.39 is 5.60 Å². The number of carbonyl (C=O) groups excluding carboxylic acids is 1. The number of likely N-dealkylation sites (tertiary alicyclic amines) is 1. The van der Waals surface area contributed by atoms with Crippen molar-refractivity contribution in [3.8, 4) is 0 Å². The molecule has 2 atom stereocenters. The van der Waals surface area contributed by atoms with Crippen molar-refractivity contribution in [2.24, 2.45) is 5.92 Å². The van der Waals surface area contributed by atoms with Gasteiger partial charge in [-0.1, -0.05) is 6.92 Å². The molecule has 0 aromatic heterocycles. The maximum absolute atomic E-state index is 12.1. The Kier molecular flexibility index (Phi) is 3.85. The van der Waals surface area contributed by atoms with E-state index in [2.05, 4.69) is 12.2 Å². The van der Waals surface area contributed by atoms with E-state index in [0.29, 0.717) is 18.0 Å². The fourth-order valence-corrected chi connectivity index (χ4v) is 2.53. The van der Waals surface area contributed by atoms with Crippen LogP contribution < -0.4 is 5.32 Å². The molecule has 0 bridgehead atoms. The number of hydrogen-bond acceptors (Lipinski definition) is 3. The van der Waals surface area contributed by atoms with Crippen LogP contribution in [0.3, 0.4) is 0 Å². The first kappa shape index (κ1) is 13.7. The Morgan fingerprint density at radius 1 is 1.22 bits per heavy atom. The summed E-state index contributed by atoms with van der Waals surface area (Å²) in [6.45, 7) is 9.56. The van der Waals surface area contributed by atoms with Crippen molar-refractivity contribution in [3.05, 3.63) is 0 Å². The van der Waals surface area contributed by atoms with Crippen LogP contribution in [-0.2, 0) is 4.74 Å². The molecule has 1 amide bonds. The van der Waals surface area contributed by atoms with Gasteiger partial charge in [0.25, 0.3) is 0 Å². The maximum Gasteiger partial charge on any atom is 0.410 e. The van der Waals surface area contributed by atoms with Crippen LogP contribution in [0, 0.1) is 5.92 Å². The smallest absolute Gasteiger partial charge is 0.410 e. The van der Waals surface area contributed by atoms with Crippen molar-refractivity contribution in [1.29, 1.82) is 0 Å². The van der Waals surface area contributed by atoms with Crippen molar-refractivity contribution in [2.75, 3.05) is 13.1 Å². The van der Waals surface area contributed by atoms with Gasteiger partial charge in [0.2, 0.25) is 0 Å². The third kappa shape index (κ3) is 4.16. The Morgan fingerprint density at radius 3 is 2.44 bits per heavy atom. The Balaban J connectivity index is 1.88. The standard InChI is InChI=1S/C14H26N2O2/c1-10-7-12(15-11-5-6-11)9-16(8-10)13(17)18-14(2,3)4/h10-12,15H,5-9H2,1-4H3. The number of nitrogens with zero attached hydrogens (tertiary/aromatic N) is 1. The number of hydrogen-bond donors (Lipinski definition) is 1. The van der Waals surface area contributed by atoms with Crippen molar-refractivity contribution in [2.45, 2.75) is 64.6 Å². The zero-order valence-electron chi connectivity index (χ0n) is 12.0. The summed E-state index contributed by atoms with van der Waals surface area (Å²) in [6.07, 6.45) is 3.57. The summed E-state index contributed by atoms with van der Waals surface area (Å²) in [4.78, 5) is 13.9. The normalized spacial score (nSPS) is 29.2. The van der Waals surface area contributed by atoms with Gasteiger partial charge in [-0.05, 0) is 46.0 Å². The highest BCUT2D eigenvalue weighted by Gasteiger charge is 2.33. The van der Waals surface area contributed by atoms with Crippen LogP contribution in [0.15, 0.2) is 0 Å². The fourth-order valence-electron chi connectivity index (χ4n) is 2.53. The SMILES string of the molecule is CC1CC(NC2CC2)CN(C(=O)OC(C)(C)C)C1. The van der Waals surface area contributed by atoms with Gasteiger partial charge in [-0.15, -0.1) is 0 Å². The predicted octanol–water partition coefficient (Wildman–Crippen LogP) is 2.38. The molecular formula is C14H26N2O2. The van der Waals surface area contributed by atoms with Crippen LogP contribution >= 0.6 is 0 Å². The highest BCUT2D eigenvalue weighted by Crippen LogP contribution is 2.24. The van der Waals surface area contributed by atoms with Gasteiger partial charge in [-0.25, -0.2) is 4.79 Å². The molecule has 4 nitrogen and oxygen atoms in total. The number of nitrogens with one attached hydrogen (secondary N) is 1. The minimum atomic E-state index is -0.406. The highest BCUT2D eigenvalue weighted by molar-refractivity contribution is 5.68. The quantitative estimate of drug-likeness (QED) is 0.822. The molecule has 2 aliphatic rings. The van der Waals surface area contributed by atoms with E-state index in [0.717, 1.165) is 19.5 Å². The first-order valence-corrected chi connectivity index (χ1v) is 7.07. The van der Waals surface area contributed by atoms with Gasteiger partial charge in [0.1, 0.15) is 5.60 Å². The molecule has 1 saturated carbocycles. The van der Waals surface area contributed by atoms with Crippen LogP contribution in [0.2, 0.25) is 0 Å². The van der Waals surface area contributed by atoms with E-state index in [1.54, 1.807) is 0 Å². The van der Waals surface area contributed by atoms with Crippen LogP contribution in [0.5, 0.6) is 0 Å².